The lowest BCUT2D eigenvalue weighted by molar-refractivity contribution is 0.0725. The van der Waals surface area contributed by atoms with Gasteiger partial charge in [0.15, 0.2) is 5.43 Å². The van der Waals surface area contributed by atoms with Gasteiger partial charge in [0, 0.05) is 6.54 Å². The van der Waals surface area contributed by atoms with Gasteiger partial charge in [0.1, 0.15) is 5.58 Å². The molecule has 1 unspecified atom stereocenters. The predicted molar refractivity (Wildman–Crippen MR) is 111 cm³/mol. The highest BCUT2D eigenvalue weighted by molar-refractivity contribution is 5.99. The largest absolute Gasteiger partial charge is 0.450 e. The van der Waals surface area contributed by atoms with E-state index in [0.29, 0.717) is 29.0 Å². The summed E-state index contributed by atoms with van der Waals surface area (Å²) in [6, 6.07) is 15.0. The Balaban J connectivity index is 1.91. The summed E-state index contributed by atoms with van der Waals surface area (Å²) in [5.41, 5.74) is 3.01. The second kappa shape index (κ2) is 7.27. The van der Waals surface area contributed by atoms with Crippen molar-refractivity contribution in [3.8, 4) is 0 Å². The number of rotatable bonds is 5. The van der Waals surface area contributed by atoms with Crippen LogP contribution in [0.1, 0.15) is 72.8 Å². The molecule has 1 aliphatic rings. The molecule has 0 bridgehead atoms. The van der Waals surface area contributed by atoms with Crippen LogP contribution in [0.2, 0.25) is 0 Å². The first-order valence-electron chi connectivity index (χ1n) is 9.99. The van der Waals surface area contributed by atoms with E-state index in [2.05, 4.69) is 32.9 Å². The van der Waals surface area contributed by atoms with Gasteiger partial charge < -0.3 is 9.32 Å². The van der Waals surface area contributed by atoms with Gasteiger partial charge >= 0.3 is 0 Å². The van der Waals surface area contributed by atoms with E-state index in [1.54, 1.807) is 17.0 Å². The van der Waals surface area contributed by atoms with E-state index in [9.17, 15) is 9.59 Å². The summed E-state index contributed by atoms with van der Waals surface area (Å²) in [5.74, 6) is 0.429. The first-order chi connectivity index (χ1) is 13.5. The van der Waals surface area contributed by atoms with Crippen molar-refractivity contribution in [2.75, 3.05) is 6.54 Å². The summed E-state index contributed by atoms with van der Waals surface area (Å²) in [5, 5.41) is 0.523. The highest BCUT2D eigenvalue weighted by atomic mass is 16.3. The minimum absolute atomic E-state index is 0.109. The number of fused-ring (bicyclic) bond motifs is 2. The van der Waals surface area contributed by atoms with Crippen LogP contribution in [0.25, 0.3) is 11.0 Å². The van der Waals surface area contributed by atoms with Crippen molar-refractivity contribution in [1.29, 1.82) is 0 Å². The zero-order valence-corrected chi connectivity index (χ0v) is 16.6. The van der Waals surface area contributed by atoms with Crippen molar-refractivity contribution in [3.05, 3.63) is 81.2 Å². The van der Waals surface area contributed by atoms with Crippen LogP contribution in [-0.2, 0) is 0 Å². The highest BCUT2D eigenvalue weighted by Crippen LogP contribution is 2.38. The molecule has 0 saturated carbocycles. The van der Waals surface area contributed by atoms with Crippen molar-refractivity contribution in [2.24, 2.45) is 0 Å². The zero-order valence-electron chi connectivity index (χ0n) is 16.6. The average Bonchev–Trinajstić information content (AvgIpc) is 2.99. The van der Waals surface area contributed by atoms with Crippen LogP contribution in [0.3, 0.4) is 0 Å². The molecular weight excluding hydrogens is 350 g/mol. The van der Waals surface area contributed by atoms with E-state index in [1.807, 2.05) is 24.3 Å². The van der Waals surface area contributed by atoms with Crippen LogP contribution in [0.5, 0.6) is 0 Å². The van der Waals surface area contributed by atoms with Crippen LogP contribution in [0, 0.1) is 0 Å². The predicted octanol–water partition coefficient (Wildman–Crippen LogP) is 5.26. The fourth-order valence-corrected chi connectivity index (χ4v) is 3.94. The molecule has 2 aromatic carbocycles. The quantitative estimate of drug-likeness (QED) is 0.611. The van der Waals surface area contributed by atoms with Gasteiger partial charge in [0.2, 0.25) is 5.76 Å². The van der Waals surface area contributed by atoms with Crippen molar-refractivity contribution < 1.29 is 9.21 Å². The number of benzene rings is 2. The topological polar surface area (TPSA) is 50.5 Å². The standard InChI is InChI=1S/C24H25NO3/c1-4-5-14-25-21(17-12-10-16(11-13-17)15(2)3)20-22(26)18-8-6-7-9-19(18)28-23(20)24(25)27/h6-13,15,21H,4-5,14H2,1-3H3. The normalized spacial score (nSPS) is 16.2. The first kappa shape index (κ1) is 18.5. The van der Waals surface area contributed by atoms with Crippen LogP contribution in [0.4, 0.5) is 0 Å². The molecular formula is C24H25NO3. The molecule has 1 aliphatic heterocycles. The second-order valence-corrected chi connectivity index (χ2v) is 7.75. The Hall–Kier alpha value is -2.88. The van der Waals surface area contributed by atoms with Gasteiger partial charge in [-0.3, -0.25) is 9.59 Å². The van der Waals surface area contributed by atoms with E-state index >= 15 is 0 Å². The van der Waals surface area contributed by atoms with E-state index in [4.69, 9.17) is 4.42 Å². The number of unbranched alkanes of at least 4 members (excludes halogenated alkanes) is 1. The molecule has 144 valence electrons. The molecule has 0 fully saturated rings. The Morgan fingerprint density at radius 3 is 2.43 bits per heavy atom. The number of para-hydroxylation sites is 1. The van der Waals surface area contributed by atoms with Crippen molar-refractivity contribution >= 4 is 16.9 Å². The Kier molecular flexibility index (Phi) is 4.80. The van der Waals surface area contributed by atoms with Gasteiger partial charge in [0.25, 0.3) is 5.91 Å². The molecule has 0 saturated heterocycles. The molecule has 0 N–H and O–H groups in total. The lowest BCUT2D eigenvalue weighted by Crippen LogP contribution is -2.30. The summed E-state index contributed by atoms with van der Waals surface area (Å²) < 4.78 is 5.93. The van der Waals surface area contributed by atoms with Gasteiger partial charge in [-0.25, -0.2) is 0 Å². The van der Waals surface area contributed by atoms with Crippen LogP contribution >= 0.6 is 0 Å². The third-order valence-electron chi connectivity index (χ3n) is 5.54. The minimum Gasteiger partial charge on any atom is -0.450 e. The second-order valence-electron chi connectivity index (χ2n) is 7.75. The monoisotopic (exact) mass is 375 g/mol. The Bertz CT molecular complexity index is 1080. The third kappa shape index (κ3) is 2.93. The molecule has 1 aromatic heterocycles. The minimum atomic E-state index is -0.392. The summed E-state index contributed by atoms with van der Waals surface area (Å²) in [4.78, 5) is 28.2. The van der Waals surface area contributed by atoms with E-state index < -0.39 is 6.04 Å². The smallest absolute Gasteiger partial charge is 0.290 e. The molecule has 3 aromatic rings. The lowest BCUT2D eigenvalue weighted by atomic mass is 9.95. The summed E-state index contributed by atoms with van der Waals surface area (Å²) >= 11 is 0. The summed E-state index contributed by atoms with van der Waals surface area (Å²) in [7, 11) is 0. The molecule has 28 heavy (non-hydrogen) atoms. The van der Waals surface area contributed by atoms with Crippen molar-refractivity contribution in [3.63, 3.8) is 0 Å². The lowest BCUT2D eigenvalue weighted by Gasteiger charge is -2.25. The van der Waals surface area contributed by atoms with E-state index in [-0.39, 0.29) is 17.1 Å². The van der Waals surface area contributed by atoms with Gasteiger partial charge in [0.05, 0.1) is 17.0 Å². The third-order valence-corrected chi connectivity index (χ3v) is 5.54. The molecule has 2 heterocycles. The molecule has 1 amide bonds. The molecule has 4 heteroatoms. The maximum atomic E-state index is 13.3. The maximum Gasteiger partial charge on any atom is 0.290 e. The number of carbonyl (C=O) groups is 1. The van der Waals surface area contributed by atoms with Crippen LogP contribution in [-0.4, -0.2) is 17.4 Å². The number of nitrogens with zero attached hydrogens (tertiary/aromatic N) is 1. The molecule has 4 rings (SSSR count). The van der Waals surface area contributed by atoms with E-state index in [0.717, 1.165) is 18.4 Å². The fraction of sp³-hybridized carbons (Fsp3) is 0.333. The number of hydrogen-bond donors (Lipinski definition) is 0. The van der Waals surface area contributed by atoms with Gasteiger partial charge in [-0.1, -0.05) is 63.6 Å². The zero-order chi connectivity index (χ0) is 19.8. The molecule has 1 atom stereocenters. The molecule has 4 nitrogen and oxygen atoms in total. The number of carbonyl (C=O) groups excluding carboxylic acids is 1. The first-order valence-corrected chi connectivity index (χ1v) is 9.99. The van der Waals surface area contributed by atoms with Gasteiger partial charge in [-0.15, -0.1) is 0 Å². The van der Waals surface area contributed by atoms with Crippen LogP contribution in [0.15, 0.2) is 57.7 Å². The van der Waals surface area contributed by atoms with E-state index in [1.165, 1.54) is 5.56 Å². The highest BCUT2D eigenvalue weighted by Gasteiger charge is 2.42. The van der Waals surface area contributed by atoms with Crippen molar-refractivity contribution in [1.82, 2.24) is 4.90 Å². The van der Waals surface area contributed by atoms with Gasteiger partial charge in [-0.2, -0.15) is 0 Å². The Labute approximate surface area is 164 Å². The molecule has 0 radical (unpaired) electrons. The number of amides is 1. The van der Waals surface area contributed by atoms with Crippen LogP contribution < -0.4 is 5.43 Å². The van der Waals surface area contributed by atoms with Gasteiger partial charge in [-0.05, 0) is 35.6 Å². The Morgan fingerprint density at radius 2 is 1.75 bits per heavy atom. The number of hydrogen-bond acceptors (Lipinski definition) is 3. The summed E-state index contributed by atoms with van der Waals surface area (Å²) in [6.45, 7) is 7.00. The average molecular weight is 375 g/mol. The molecule has 0 aliphatic carbocycles. The summed E-state index contributed by atoms with van der Waals surface area (Å²) in [6.07, 6.45) is 1.86. The fourth-order valence-electron chi connectivity index (χ4n) is 3.94. The Morgan fingerprint density at radius 1 is 1.04 bits per heavy atom. The molecule has 0 spiro atoms. The SMILES string of the molecule is CCCCN1C(=O)c2oc3ccccc3c(=O)c2C1c1ccc(C(C)C)cc1. The maximum absolute atomic E-state index is 13.3. The van der Waals surface area contributed by atoms with Crippen molar-refractivity contribution in [2.45, 2.75) is 45.6 Å².